The van der Waals surface area contributed by atoms with Crippen LogP contribution in [0.1, 0.15) is 11.1 Å². The molecule has 40 heavy (non-hydrogen) atoms. The topological polar surface area (TPSA) is 134 Å². The zero-order valence-corrected chi connectivity index (χ0v) is 21.7. The van der Waals surface area contributed by atoms with E-state index in [9.17, 15) is 14.6 Å². The number of pyridine rings is 1. The minimum absolute atomic E-state index is 0.0785. The van der Waals surface area contributed by atoms with E-state index in [1.165, 1.54) is 18.5 Å². The van der Waals surface area contributed by atoms with E-state index in [1.807, 2.05) is 42.4 Å². The number of anilines is 3. The van der Waals surface area contributed by atoms with Crippen LogP contribution in [-0.2, 0) is 22.6 Å². The molecule has 1 saturated heterocycles. The van der Waals surface area contributed by atoms with Gasteiger partial charge in [0.05, 0.1) is 19.9 Å². The van der Waals surface area contributed by atoms with Gasteiger partial charge in [-0.15, -0.1) is 0 Å². The fourth-order valence-corrected chi connectivity index (χ4v) is 4.93. The summed E-state index contributed by atoms with van der Waals surface area (Å²) < 4.78 is 27.2. The van der Waals surface area contributed by atoms with Crippen molar-refractivity contribution < 1.29 is 24.1 Å². The molecular weight excluding hydrogens is 519 g/mol. The molecule has 0 amide bonds. The van der Waals surface area contributed by atoms with Crippen molar-refractivity contribution >= 4 is 17.3 Å². The summed E-state index contributed by atoms with van der Waals surface area (Å²) in [4.78, 5) is 16.9. The lowest BCUT2D eigenvalue weighted by Crippen LogP contribution is -2.44. The minimum Gasteiger partial charge on any atom is -0.387 e. The predicted octanol–water partition coefficient (Wildman–Crippen LogP) is 1.69. The van der Waals surface area contributed by atoms with Crippen molar-refractivity contribution in [2.75, 3.05) is 35.4 Å². The highest BCUT2D eigenvalue weighted by Crippen LogP contribution is 2.39. The Kier molecular flexibility index (Phi) is 7.26. The second kappa shape index (κ2) is 11.1. The average molecular weight is 549 g/mol. The highest BCUT2D eigenvalue weighted by Gasteiger charge is 2.47. The molecule has 13 heteroatoms. The molecule has 4 atom stereocenters. The summed E-state index contributed by atoms with van der Waals surface area (Å²) in [6, 6.07) is 12.0. The lowest BCUT2D eigenvalue weighted by atomic mass is 10.1. The first-order valence-corrected chi connectivity index (χ1v) is 12.8. The fourth-order valence-electron chi connectivity index (χ4n) is 4.93. The number of halogens is 1. The number of nitrogens with zero attached hydrogens (tertiary/aromatic N) is 7. The van der Waals surface area contributed by atoms with Gasteiger partial charge in [0.2, 0.25) is 0 Å². The van der Waals surface area contributed by atoms with E-state index in [4.69, 9.17) is 9.47 Å². The Morgan fingerprint density at radius 1 is 1.12 bits per heavy atom. The first kappa shape index (κ1) is 26.1. The van der Waals surface area contributed by atoms with Crippen LogP contribution in [0.4, 0.5) is 21.7 Å². The van der Waals surface area contributed by atoms with Gasteiger partial charge in [-0.2, -0.15) is 5.10 Å². The summed E-state index contributed by atoms with van der Waals surface area (Å²) in [5.74, 6) is 1.56. The van der Waals surface area contributed by atoms with Crippen LogP contribution in [-0.4, -0.2) is 79.8 Å². The average Bonchev–Trinajstić information content (AvgIpc) is 3.70. The Hall–Kier alpha value is -4.17. The molecule has 0 radical (unpaired) electrons. The van der Waals surface area contributed by atoms with Gasteiger partial charge < -0.3 is 34.8 Å². The molecule has 3 aromatic heterocycles. The molecule has 0 unspecified atom stereocenters. The molecular formula is C27H29FN8O4. The lowest BCUT2D eigenvalue weighted by Gasteiger charge is -2.27. The van der Waals surface area contributed by atoms with Crippen molar-refractivity contribution in [3.8, 4) is 5.82 Å². The predicted molar refractivity (Wildman–Crippen MR) is 143 cm³/mol. The molecule has 5 heterocycles. The van der Waals surface area contributed by atoms with Gasteiger partial charge in [0.1, 0.15) is 36.1 Å². The van der Waals surface area contributed by atoms with Crippen LogP contribution in [0, 0.1) is 5.82 Å². The van der Waals surface area contributed by atoms with Crippen molar-refractivity contribution in [2.24, 2.45) is 0 Å². The zero-order valence-electron chi connectivity index (χ0n) is 21.7. The van der Waals surface area contributed by atoms with Crippen LogP contribution >= 0.6 is 0 Å². The number of aromatic nitrogens is 5. The number of aliphatic hydroxyl groups is 2. The summed E-state index contributed by atoms with van der Waals surface area (Å²) in [7, 11) is 1.86. The van der Waals surface area contributed by atoms with Crippen LogP contribution in [0.25, 0.3) is 5.82 Å². The smallest absolute Gasteiger partial charge is 0.162 e. The molecule has 208 valence electrons. The third-order valence-corrected chi connectivity index (χ3v) is 6.92. The standard InChI is InChI=1S/C27H29FN8O4/c1-34(12-17-4-2-5-19(28)10-17)25-22-26(31-15-30-25)35(16-32-22)27-24(38)23(37)20(40-27)14-39-13-18-6-7-21(29-11-18)36-9-3-8-33-36/h2-11,15,20,23-24,27,32,37-38H,12-14,16H2,1H3/t20-,23-,24-,27-/m1/s1. The Balaban J connectivity index is 1.08. The van der Waals surface area contributed by atoms with Crippen LogP contribution in [0.15, 0.2) is 67.4 Å². The molecule has 6 rings (SSSR count). The van der Waals surface area contributed by atoms with Gasteiger partial charge in [0.25, 0.3) is 0 Å². The monoisotopic (exact) mass is 548 g/mol. The third kappa shape index (κ3) is 5.19. The molecule has 12 nitrogen and oxygen atoms in total. The van der Waals surface area contributed by atoms with E-state index in [1.54, 1.807) is 28.0 Å². The molecule has 0 aliphatic carbocycles. The number of aliphatic hydroxyl groups excluding tert-OH is 2. The number of hydrogen-bond acceptors (Lipinski definition) is 11. The van der Waals surface area contributed by atoms with Crippen molar-refractivity contribution in [3.63, 3.8) is 0 Å². The summed E-state index contributed by atoms with van der Waals surface area (Å²) >= 11 is 0. The molecule has 0 saturated carbocycles. The normalized spacial score (nSPS) is 21.9. The van der Waals surface area contributed by atoms with Crippen LogP contribution in [0.3, 0.4) is 0 Å². The van der Waals surface area contributed by atoms with E-state index in [2.05, 4.69) is 25.4 Å². The molecule has 2 aliphatic rings. The van der Waals surface area contributed by atoms with E-state index >= 15 is 0 Å². The lowest BCUT2D eigenvalue weighted by molar-refractivity contribution is -0.0482. The highest BCUT2D eigenvalue weighted by molar-refractivity contribution is 5.82. The molecule has 0 bridgehead atoms. The zero-order chi connectivity index (χ0) is 27.6. The molecule has 2 aliphatic heterocycles. The first-order valence-electron chi connectivity index (χ1n) is 12.8. The van der Waals surface area contributed by atoms with Crippen LogP contribution in [0.2, 0.25) is 0 Å². The summed E-state index contributed by atoms with van der Waals surface area (Å²) in [5, 5.41) is 29.0. The summed E-state index contributed by atoms with van der Waals surface area (Å²) in [6.07, 6.45) is 2.72. The number of ether oxygens (including phenoxy) is 2. The molecule has 0 spiro atoms. The Morgan fingerprint density at radius 3 is 2.80 bits per heavy atom. The van der Waals surface area contributed by atoms with Crippen molar-refractivity contribution in [3.05, 3.63) is 84.3 Å². The SMILES string of the molecule is CN(Cc1cccc(F)c1)c1ncnc2c1NCN2[C@@H]1O[C@H](COCc2ccc(-n3cccn3)nc2)[C@@H](O)[C@H]1O. The van der Waals surface area contributed by atoms with E-state index in [-0.39, 0.29) is 19.0 Å². The second-order valence-corrected chi connectivity index (χ2v) is 9.72. The maximum Gasteiger partial charge on any atom is 0.162 e. The van der Waals surface area contributed by atoms with Gasteiger partial charge in [-0.05, 0) is 35.4 Å². The van der Waals surface area contributed by atoms with E-state index < -0.39 is 24.5 Å². The van der Waals surface area contributed by atoms with Crippen molar-refractivity contribution in [1.82, 2.24) is 24.7 Å². The molecule has 4 aromatic rings. The summed E-state index contributed by atoms with van der Waals surface area (Å²) in [5.41, 5.74) is 2.32. The maximum atomic E-state index is 13.7. The highest BCUT2D eigenvalue weighted by atomic mass is 19.1. The van der Waals surface area contributed by atoms with E-state index in [0.717, 1.165) is 11.1 Å². The van der Waals surface area contributed by atoms with Gasteiger partial charge in [-0.1, -0.05) is 18.2 Å². The van der Waals surface area contributed by atoms with Gasteiger partial charge in [-0.25, -0.2) is 24.0 Å². The minimum atomic E-state index is -1.18. The number of hydrogen-bond donors (Lipinski definition) is 3. The summed E-state index contributed by atoms with van der Waals surface area (Å²) in [6.45, 7) is 1.08. The molecule has 1 fully saturated rings. The number of benzene rings is 1. The number of fused-ring (bicyclic) bond motifs is 1. The van der Waals surface area contributed by atoms with E-state index in [0.29, 0.717) is 36.4 Å². The van der Waals surface area contributed by atoms with Crippen LogP contribution in [0.5, 0.6) is 0 Å². The van der Waals surface area contributed by atoms with Gasteiger partial charge in [0.15, 0.2) is 23.7 Å². The second-order valence-electron chi connectivity index (χ2n) is 9.72. The largest absolute Gasteiger partial charge is 0.387 e. The van der Waals surface area contributed by atoms with Gasteiger partial charge in [-0.3, -0.25) is 0 Å². The van der Waals surface area contributed by atoms with Gasteiger partial charge >= 0.3 is 0 Å². The molecule has 3 N–H and O–H groups in total. The maximum absolute atomic E-state index is 13.7. The van der Waals surface area contributed by atoms with Crippen molar-refractivity contribution in [2.45, 2.75) is 37.7 Å². The fraction of sp³-hybridized carbons (Fsp3) is 0.333. The van der Waals surface area contributed by atoms with Gasteiger partial charge in [0, 0.05) is 32.2 Å². The van der Waals surface area contributed by atoms with Crippen LogP contribution < -0.4 is 15.1 Å². The first-order chi connectivity index (χ1) is 19.5. The number of rotatable bonds is 9. The van der Waals surface area contributed by atoms with Crippen molar-refractivity contribution in [1.29, 1.82) is 0 Å². The number of nitrogens with one attached hydrogen (secondary N) is 1. The third-order valence-electron chi connectivity index (χ3n) is 6.92. The molecule has 1 aromatic carbocycles. The quantitative estimate of drug-likeness (QED) is 0.282. The Labute approximate surface area is 229 Å². The Morgan fingerprint density at radius 2 is 2.02 bits per heavy atom. The Bertz CT molecular complexity index is 1440.